The number of benzene rings is 1. The normalized spacial score (nSPS) is 11.7. The molecule has 0 aliphatic carbocycles. The molecule has 2 aromatic rings. The van der Waals surface area contributed by atoms with Gasteiger partial charge in [0.1, 0.15) is 5.75 Å². The predicted octanol–water partition coefficient (Wildman–Crippen LogP) is 2.29. The van der Waals surface area contributed by atoms with Crippen molar-refractivity contribution in [2.24, 2.45) is 0 Å². The third kappa shape index (κ3) is 4.36. The van der Waals surface area contributed by atoms with E-state index in [1.807, 2.05) is 6.92 Å². The monoisotopic (exact) mass is 319 g/mol. The van der Waals surface area contributed by atoms with Crippen molar-refractivity contribution in [2.45, 2.75) is 23.8 Å². The lowest BCUT2D eigenvalue weighted by Crippen LogP contribution is -2.25. The molecule has 2 N–H and O–H groups in total. The Bertz CT molecular complexity index is 685. The zero-order valence-corrected chi connectivity index (χ0v) is 13.1. The Balaban J connectivity index is 2.03. The third-order valence-electron chi connectivity index (χ3n) is 2.92. The van der Waals surface area contributed by atoms with Gasteiger partial charge in [0, 0.05) is 18.0 Å². The molecule has 2 rings (SSSR count). The molecule has 6 nitrogen and oxygen atoms in total. The van der Waals surface area contributed by atoms with Crippen LogP contribution in [-0.2, 0) is 4.79 Å². The van der Waals surface area contributed by atoms with Gasteiger partial charge in [0.25, 0.3) is 5.56 Å². The Morgan fingerprint density at radius 2 is 2.09 bits per heavy atom. The molecule has 0 saturated heterocycles. The summed E-state index contributed by atoms with van der Waals surface area (Å²) in [5.74, 6) is 0.592. The Morgan fingerprint density at radius 1 is 1.36 bits per heavy atom. The Kier molecular flexibility index (Phi) is 5.60. The largest absolute Gasteiger partial charge is 0.497 e. The van der Waals surface area contributed by atoms with E-state index in [1.54, 1.807) is 31.4 Å². The number of nitrogens with zero attached hydrogens (tertiary/aromatic N) is 1. The van der Waals surface area contributed by atoms with Crippen molar-refractivity contribution >= 4 is 23.4 Å². The summed E-state index contributed by atoms with van der Waals surface area (Å²) in [6.07, 6.45) is 2.04. The fraction of sp³-hybridized carbons (Fsp3) is 0.267. The predicted molar refractivity (Wildman–Crippen MR) is 86.4 cm³/mol. The SMILES string of the molecule is CCC(Sc1nccc(=O)[nH]1)C(=O)Nc1ccc(OC)cc1. The number of hydrogen-bond acceptors (Lipinski definition) is 5. The zero-order valence-electron chi connectivity index (χ0n) is 12.3. The highest BCUT2D eigenvalue weighted by atomic mass is 32.2. The summed E-state index contributed by atoms with van der Waals surface area (Å²) in [5, 5.41) is 2.94. The van der Waals surface area contributed by atoms with E-state index >= 15 is 0 Å². The van der Waals surface area contributed by atoms with Crippen LogP contribution in [0.2, 0.25) is 0 Å². The van der Waals surface area contributed by atoms with Gasteiger partial charge in [-0.3, -0.25) is 9.59 Å². The number of amides is 1. The lowest BCUT2D eigenvalue weighted by molar-refractivity contribution is -0.115. The van der Waals surface area contributed by atoms with E-state index in [0.717, 1.165) is 5.75 Å². The molecule has 0 bridgehead atoms. The topological polar surface area (TPSA) is 84.1 Å². The minimum absolute atomic E-state index is 0.135. The van der Waals surface area contributed by atoms with E-state index in [1.165, 1.54) is 24.0 Å². The number of anilines is 1. The number of ether oxygens (including phenoxy) is 1. The molecule has 0 saturated carbocycles. The molecular weight excluding hydrogens is 302 g/mol. The maximum Gasteiger partial charge on any atom is 0.251 e. The number of carbonyl (C=O) groups excluding carboxylic acids is 1. The first kappa shape index (κ1) is 16.1. The Hall–Kier alpha value is -2.28. The Morgan fingerprint density at radius 3 is 2.68 bits per heavy atom. The molecule has 1 atom stereocenters. The number of hydrogen-bond donors (Lipinski definition) is 2. The molecule has 1 amide bonds. The standard InChI is InChI=1S/C15H17N3O3S/c1-3-12(22-15-16-9-8-13(19)18-15)14(20)17-10-4-6-11(21-2)7-5-10/h4-9,12H,3H2,1-2H3,(H,17,20)(H,16,18,19). The number of carbonyl (C=O) groups is 1. The van der Waals surface area contributed by atoms with Crippen LogP contribution in [0.4, 0.5) is 5.69 Å². The molecule has 1 aromatic heterocycles. The maximum absolute atomic E-state index is 12.3. The van der Waals surface area contributed by atoms with Crippen LogP contribution in [0.25, 0.3) is 0 Å². The van der Waals surface area contributed by atoms with Crippen molar-refractivity contribution in [1.82, 2.24) is 9.97 Å². The van der Waals surface area contributed by atoms with Gasteiger partial charge in [0.15, 0.2) is 5.16 Å². The van der Waals surface area contributed by atoms with Crippen molar-refractivity contribution in [3.05, 3.63) is 46.9 Å². The van der Waals surface area contributed by atoms with Crippen LogP contribution >= 0.6 is 11.8 Å². The van der Waals surface area contributed by atoms with Crippen LogP contribution < -0.4 is 15.6 Å². The molecule has 1 heterocycles. The van der Waals surface area contributed by atoms with E-state index < -0.39 is 0 Å². The van der Waals surface area contributed by atoms with E-state index in [0.29, 0.717) is 17.3 Å². The number of aromatic amines is 1. The number of thioether (sulfide) groups is 1. The summed E-state index contributed by atoms with van der Waals surface area (Å²) in [7, 11) is 1.59. The van der Waals surface area contributed by atoms with Gasteiger partial charge in [-0.2, -0.15) is 0 Å². The summed E-state index contributed by atoms with van der Waals surface area (Å²) in [6, 6.07) is 8.44. The highest BCUT2D eigenvalue weighted by Crippen LogP contribution is 2.23. The van der Waals surface area contributed by atoms with Crippen LogP contribution in [-0.4, -0.2) is 28.2 Å². The van der Waals surface area contributed by atoms with Gasteiger partial charge in [-0.05, 0) is 30.7 Å². The average Bonchev–Trinajstić information content (AvgIpc) is 2.53. The lowest BCUT2D eigenvalue weighted by atomic mass is 10.2. The highest BCUT2D eigenvalue weighted by Gasteiger charge is 2.19. The number of H-pyrrole nitrogens is 1. The molecular formula is C15H17N3O3S. The molecule has 22 heavy (non-hydrogen) atoms. The van der Waals surface area contributed by atoms with Gasteiger partial charge in [0.2, 0.25) is 5.91 Å². The first-order valence-corrected chi connectivity index (χ1v) is 7.67. The van der Waals surface area contributed by atoms with Crippen LogP contribution in [0, 0.1) is 0 Å². The Labute approximate surface area is 132 Å². The van der Waals surface area contributed by atoms with Crippen molar-refractivity contribution in [1.29, 1.82) is 0 Å². The fourth-order valence-corrected chi connectivity index (χ4v) is 2.65. The highest BCUT2D eigenvalue weighted by molar-refractivity contribution is 8.00. The number of methoxy groups -OCH3 is 1. The molecule has 7 heteroatoms. The minimum atomic E-state index is -0.340. The first-order valence-electron chi connectivity index (χ1n) is 6.79. The van der Waals surface area contributed by atoms with Crippen molar-refractivity contribution in [3.63, 3.8) is 0 Å². The molecule has 0 spiro atoms. The molecule has 0 aliphatic heterocycles. The number of rotatable bonds is 6. The average molecular weight is 319 g/mol. The molecule has 116 valence electrons. The van der Waals surface area contributed by atoms with E-state index in [4.69, 9.17) is 4.74 Å². The molecule has 0 aliphatic rings. The molecule has 1 unspecified atom stereocenters. The second-order valence-corrected chi connectivity index (χ2v) is 5.66. The lowest BCUT2D eigenvalue weighted by Gasteiger charge is -2.14. The summed E-state index contributed by atoms with van der Waals surface area (Å²) >= 11 is 1.23. The fourth-order valence-electron chi connectivity index (χ4n) is 1.77. The second-order valence-electron chi connectivity index (χ2n) is 4.47. The van der Waals surface area contributed by atoms with Gasteiger partial charge in [-0.25, -0.2) is 4.98 Å². The summed E-state index contributed by atoms with van der Waals surface area (Å²) < 4.78 is 5.07. The van der Waals surface area contributed by atoms with Crippen molar-refractivity contribution < 1.29 is 9.53 Å². The second kappa shape index (κ2) is 7.65. The molecule has 0 fully saturated rings. The zero-order chi connectivity index (χ0) is 15.9. The van der Waals surface area contributed by atoms with E-state index in [-0.39, 0.29) is 16.7 Å². The smallest absolute Gasteiger partial charge is 0.251 e. The van der Waals surface area contributed by atoms with E-state index in [9.17, 15) is 9.59 Å². The summed E-state index contributed by atoms with van der Waals surface area (Å²) in [6.45, 7) is 1.91. The quantitative estimate of drug-likeness (QED) is 0.630. The van der Waals surface area contributed by atoms with Gasteiger partial charge in [0.05, 0.1) is 12.4 Å². The summed E-state index contributed by atoms with van der Waals surface area (Å²) in [5.41, 5.74) is 0.460. The molecule has 0 radical (unpaired) electrons. The first-order chi connectivity index (χ1) is 10.6. The van der Waals surface area contributed by atoms with Crippen LogP contribution in [0.5, 0.6) is 5.75 Å². The van der Waals surface area contributed by atoms with Crippen LogP contribution in [0.15, 0.2) is 46.5 Å². The summed E-state index contributed by atoms with van der Waals surface area (Å²) in [4.78, 5) is 30.2. The maximum atomic E-state index is 12.3. The number of aromatic nitrogens is 2. The van der Waals surface area contributed by atoms with Crippen LogP contribution in [0.3, 0.4) is 0 Å². The van der Waals surface area contributed by atoms with Gasteiger partial charge < -0.3 is 15.0 Å². The van der Waals surface area contributed by atoms with Gasteiger partial charge >= 0.3 is 0 Å². The van der Waals surface area contributed by atoms with Crippen molar-refractivity contribution in [3.8, 4) is 5.75 Å². The molecule has 1 aromatic carbocycles. The van der Waals surface area contributed by atoms with E-state index in [2.05, 4.69) is 15.3 Å². The van der Waals surface area contributed by atoms with Gasteiger partial charge in [-0.15, -0.1) is 0 Å². The third-order valence-corrected chi connectivity index (χ3v) is 4.19. The van der Waals surface area contributed by atoms with Gasteiger partial charge in [-0.1, -0.05) is 18.7 Å². The van der Waals surface area contributed by atoms with Crippen LogP contribution in [0.1, 0.15) is 13.3 Å². The van der Waals surface area contributed by atoms with Crippen molar-refractivity contribution in [2.75, 3.05) is 12.4 Å². The minimum Gasteiger partial charge on any atom is -0.497 e. The number of nitrogens with one attached hydrogen (secondary N) is 2.